The van der Waals surface area contributed by atoms with E-state index in [-0.39, 0.29) is 17.9 Å². The molecule has 104 valence electrons. The van der Waals surface area contributed by atoms with Crippen molar-refractivity contribution in [3.8, 4) is 5.75 Å². The van der Waals surface area contributed by atoms with Gasteiger partial charge in [0.25, 0.3) is 5.91 Å². The van der Waals surface area contributed by atoms with E-state index in [0.29, 0.717) is 6.42 Å². The monoisotopic (exact) mass is 269 g/mol. The van der Waals surface area contributed by atoms with E-state index in [4.69, 9.17) is 5.11 Å². The molecule has 0 radical (unpaired) electrons. The van der Waals surface area contributed by atoms with Gasteiger partial charge in [-0.25, -0.2) is 4.39 Å². The number of hydrogen-bond acceptors (Lipinski definition) is 3. The minimum atomic E-state index is -1.10. The Labute approximate surface area is 110 Å². The van der Waals surface area contributed by atoms with Gasteiger partial charge in [0.2, 0.25) is 0 Å². The molecule has 1 rings (SSSR count). The molecule has 1 aromatic rings. The molecule has 0 heterocycles. The second-order valence-electron chi connectivity index (χ2n) is 4.56. The summed E-state index contributed by atoms with van der Waals surface area (Å²) in [6.45, 7) is 3.09. The molecule has 0 aliphatic heterocycles. The molecule has 0 spiro atoms. The van der Waals surface area contributed by atoms with Crippen molar-refractivity contribution in [3.63, 3.8) is 0 Å². The van der Waals surface area contributed by atoms with Crippen LogP contribution in [0.5, 0.6) is 5.75 Å². The third kappa shape index (κ3) is 3.43. The quantitative estimate of drug-likeness (QED) is 0.760. The molecule has 0 aromatic heterocycles. The van der Waals surface area contributed by atoms with Gasteiger partial charge in [-0.05, 0) is 31.5 Å². The molecule has 0 fully saturated rings. The van der Waals surface area contributed by atoms with Crippen LogP contribution in [0.3, 0.4) is 0 Å². The second kappa shape index (κ2) is 5.69. The number of carboxylic acid groups (broad SMARTS) is 1. The van der Waals surface area contributed by atoms with Crippen LogP contribution in [0.4, 0.5) is 4.39 Å². The lowest BCUT2D eigenvalue weighted by molar-refractivity contribution is -0.147. The van der Waals surface area contributed by atoms with Crippen molar-refractivity contribution in [1.29, 1.82) is 0 Å². The van der Waals surface area contributed by atoms with Gasteiger partial charge in [0.15, 0.2) is 0 Å². The standard InChI is InChI=1S/C13H16FNO4/c1-3-13(2,12(18)19)7-15-11(17)9-6-8(14)4-5-10(9)16/h4-6,16H,3,7H2,1-2H3,(H,15,17)(H,18,19). The number of carbonyl (C=O) groups is 2. The van der Waals surface area contributed by atoms with Gasteiger partial charge in [-0.3, -0.25) is 9.59 Å². The van der Waals surface area contributed by atoms with Crippen LogP contribution in [0.15, 0.2) is 18.2 Å². The molecule has 19 heavy (non-hydrogen) atoms. The summed E-state index contributed by atoms with van der Waals surface area (Å²) in [5.74, 6) is -2.75. The zero-order chi connectivity index (χ0) is 14.6. The summed E-state index contributed by atoms with van der Waals surface area (Å²) in [6.07, 6.45) is 0.331. The van der Waals surface area contributed by atoms with Gasteiger partial charge in [-0.1, -0.05) is 6.92 Å². The normalized spacial score (nSPS) is 13.6. The molecule has 0 bridgehead atoms. The Hall–Kier alpha value is -2.11. The lowest BCUT2D eigenvalue weighted by Crippen LogP contribution is -2.40. The van der Waals surface area contributed by atoms with E-state index in [0.717, 1.165) is 18.2 Å². The summed E-state index contributed by atoms with van der Waals surface area (Å²) >= 11 is 0. The van der Waals surface area contributed by atoms with Crippen LogP contribution in [0.1, 0.15) is 30.6 Å². The Balaban J connectivity index is 2.81. The fourth-order valence-corrected chi connectivity index (χ4v) is 1.41. The van der Waals surface area contributed by atoms with E-state index >= 15 is 0 Å². The summed E-state index contributed by atoms with van der Waals surface area (Å²) in [7, 11) is 0. The largest absolute Gasteiger partial charge is 0.507 e. The number of benzene rings is 1. The van der Waals surface area contributed by atoms with Gasteiger partial charge in [0.05, 0.1) is 11.0 Å². The van der Waals surface area contributed by atoms with Crippen molar-refractivity contribution in [2.24, 2.45) is 5.41 Å². The first kappa shape index (κ1) is 14.9. The fourth-order valence-electron chi connectivity index (χ4n) is 1.41. The predicted octanol–water partition coefficient (Wildman–Crippen LogP) is 1.76. The first-order valence-electron chi connectivity index (χ1n) is 5.80. The van der Waals surface area contributed by atoms with Crippen LogP contribution in [0, 0.1) is 11.2 Å². The molecule has 0 saturated heterocycles. The van der Waals surface area contributed by atoms with E-state index in [1.807, 2.05) is 0 Å². The molecule has 1 atom stereocenters. The first-order valence-corrected chi connectivity index (χ1v) is 5.80. The molecule has 6 heteroatoms. The van der Waals surface area contributed by atoms with Crippen LogP contribution in [-0.2, 0) is 4.79 Å². The van der Waals surface area contributed by atoms with Crippen molar-refractivity contribution < 1.29 is 24.2 Å². The molecule has 1 amide bonds. The Morgan fingerprint density at radius 3 is 2.58 bits per heavy atom. The molecule has 0 aliphatic carbocycles. The minimum Gasteiger partial charge on any atom is -0.507 e. The highest BCUT2D eigenvalue weighted by Crippen LogP contribution is 2.21. The predicted molar refractivity (Wildman–Crippen MR) is 66.4 cm³/mol. The van der Waals surface area contributed by atoms with Crippen LogP contribution < -0.4 is 5.32 Å². The summed E-state index contributed by atoms with van der Waals surface area (Å²) in [4.78, 5) is 22.8. The van der Waals surface area contributed by atoms with Crippen molar-refractivity contribution >= 4 is 11.9 Å². The molecule has 0 aliphatic rings. The number of halogens is 1. The Kier molecular flexibility index (Phi) is 4.47. The number of aromatic hydroxyl groups is 1. The molecule has 3 N–H and O–H groups in total. The SMILES string of the molecule is CCC(C)(CNC(=O)c1cc(F)ccc1O)C(=O)O. The molecule has 0 saturated carbocycles. The van der Waals surface area contributed by atoms with Gasteiger partial charge < -0.3 is 15.5 Å². The lowest BCUT2D eigenvalue weighted by Gasteiger charge is -2.23. The summed E-state index contributed by atoms with van der Waals surface area (Å²) in [5, 5.41) is 20.9. The zero-order valence-electron chi connectivity index (χ0n) is 10.7. The third-order valence-corrected chi connectivity index (χ3v) is 3.14. The molecule has 1 aromatic carbocycles. The summed E-state index contributed by atoms with van der Waals surface area (Å²) in [6, 6.07) is 2.99. The van der Waals surface area contributed by atoms with E-state index in [2.05, 4.69) is 5.32 Å². The van der Waals surface area contributed by atoms with Gasteiger partial charge in [0, 0.05) is 6.54 Å². The van der Waals surface area contributed by atoms with Crippen LogP contribution in [0.25, 0.3) is 0 Å². The van der Waals surface area contributed by atoms with Crippen LogP contribution >= 0.6 is 0 Å². The van der Waals surface area contributed by atoms with Gasteiger partial charge in [-0.2, -0.15) is 0 Å². The van der Waals surface area contributed by atoms with Crippen molar-refractivity contribution in [2.45, 2.75) is 20.3 Å². The maximum atomic E-state index is 13.0. The molecule has 1 unspecified atom stereocenters. The van der Waals surface area contributed by atoms with Crippen molar-refractivity contribution in [2.75, 3.05) is 6.54 Å². The highest BCUT2D eigenvalue weighted by atomic mass is 19.1. The average Bonchev–Trinajstić information content (AvgIpc) is 2.38. The second-order valence-corrected chi connectivity index (χ2v) is 4.56. The summed E-state index contributed by atoms with van der Waals surface area (Å²) < 4.78 is 13.0. The number of rotatable bonds is 5. The molecular weight excluding hydrogens is 253 g/mol. The highest BCUT2D eigenvalue weighted by Gasteiger charge is 2.31. The van der Waals surface area contributed by atoms with Gasteiger partial charge in [-0.15, -0.1) is 0 Å². The number of carboxylic acids is 1. The summed E-state index contributed by atoms with van der Waals surface area (Å²) in [5.41, 5.74) is -1.32. The number of amides is 1. The van der Waals surface area contributed by atoms with Crippen molar-refractivity contribution in [1.82, 2.24) is 5.32 Å². The molecular formula is C13H16FNO4. The van der Waals surface area contributed by atoms with Crippen LogP contribution in [0.2, 0.25) is 0 Å². The number of phenols is 1. The Bertz CT molecular complexity index is 503. The van der Waals surface area contributed by atoms with E-state index in [9.17, 15) is 19.1 Å². The maximum absolute atomic E-state index is 13.0. The average molecular weight is 269 g/mol. The zero-order valence-corrected chi connectivity index (χ0v) is 10.7. The fraction of sp³-hybridized carbons (Fsp3) is 0.385. The van der Waals surface area contributed by atoms with E-state index < -0.39 is 23.1 Å². The first-order chi connectivity index (χ1) is 8.80. The van der Waals surface area contributed by atoms with E-state index in [1.165, 1.54) is 6.92 Å². The number of carbonyl (C=O) groups excluding carboxylic acids is 1. The number of aliphatic carboxylic acids is 1. The molecule has 5 nitrogen and oxygen atoms in total. The Morgan fingerprint density at radius 2 is 2.05 bits per heavy atom. The number of phenolic OH excluding ortho intramolecular Hbond substituents is 1. The van der Waals surface area contributed by atoms with Gasteiger partial charge in [0.1, 0.15) is 11.6 Å². The highest BCUT2D eigenvalue weighted by molar-refractivity contribution is 5.97. The third-order valence-electron chi connectivity index (χ3n) is 3.14. The van der Waals surface area contributed by atoms with Crippen LogP contribution in [-0.4, -0.2) is 28.6 Å². The lowest BCUT2D eigenvalue weighted by atomic mass is 9.87. The maximum Gasteiger partial charge on any atom is 0.311 e. The topological polar surface area (TPSA) is 86.6 Å². The number of hydrogen-bond donors (Lipinski definition) is 3. The smallest absolute Gasteiger partial charge is 0.311 e. The Morgan fingerprint density at radius 1 is 1.42 bits per heavy atom. The van der Waals surface area contributed by atoms with E-state index in [1.54, 1.807) is 6.92 Å². The minimum absolute atomic E-state index is 0.104. The van der Waals surface area contributed by atoms with Crippen molar-refractivity contribution in [3.05, 3.63) is 29.6 Å². The van der Waals surface area contributed by atoms with Gasteiger partial charge >= 0.3 is 5.97 Å². The number of nitrogens with one attached hydrogen (secondary N) is 1.